The van der Waals surface area contributed by atoms with E-state index >= 15 is 0 Å². The van der Waals surface area contributed by atoms with Crippen LogP contribution in [0.2, 0.25) is 0 Å². The normalized spacial score (nSPS) is 19.2. The number of benzene rings is 1. The molecule has 0 unspecified atom stereocenters. The number of aryl methyl sites for hydroxylation is 1. The number of hydrogen-bond donors (Lipinski definition) is 1. The molecule has 0 radical (unpaired) electrons. The van der Waals surface area contributed by atoms with Gasteiger partial charge in [-0.25, -0.2) is 4.98 Å². The lowest BCUT2D eigenvalue weighted by molar-refractivity contribution is -0.142. The number of likely N-dealkylation sites (tertiary alicyclic amines) is 1. The molecular formula is C30H36F3N3O2. The summed E-state index contributed by atoms with van der Waals surface area (Å²) >= 11 is 0. The molecule has 204 valence electrons. The SMILES string of the molecule is CNC(=O)C1CN(CC2=C(C)c3ccc(OCc4ccc(C5CCCCC5)c(C(F)(F)F)n4)cc3CC2)C1. The zero-order valence-corrected chi connectivity index (χ0v) is 22.2. The van der Waals surface area contributed by atoms with Crippen LogP contribution < -0.4 is 10.1 Å². The third-order valence-electron chi connectivity index (χ3n) is 8.38. The molecule has 2 fully saturated rings. The molecule has 38 heavy (non-hydrogen) atoms. The maximum absolute atomic E-state index is 13.9. The second-order valence-electron chi connectivity index (χ2n) is 10.9. The Bertz CT molecular complexity index is 1210. The Hall–Kier alpha value is -2.87. The van der Waals surface area contributed by atoms with Crippen LogP contribution in [0, 0.1) is 5.92 Å². The molecule has 2 aliphatic carbocycles. The van der Waals surface area contributed by atoms with Gasteiger partial charge in [0.2, 0.25) is 5.91 Å². The van der Waals surface area contributed by atoms with Crippen LogP contribution in [0.5, 0.6) is 5.75 Å². The molecule has 1 amide bonds. The third-order valence-corrected chi connectivity index (χ3v) is 8.38. The van der Waals surface area contributed by atoms with E-state index in [0.717, 1.165) is 64.6 Å². The second-order valence-corrected chi connectivity index (χ2v) is 10.9. The molecule has 3 aliphatic rings. The molecule has 0 spiro atoms. The molecule has 1 aliphatic heterocycles. The minimum atomic E-state index is -4.48. The smallest absolute Gasteiger partial charge is 0.433 e. The lowest BCUT2D eigenvalue weighted by Gasteiger charge is -2.39. The van der Waals surface area contributed by atoms with Crippen molar-refractivity contribution >= 4 is 11.5 Å². The van der Waals surface area contributed by atoms with Crippen molar-refractivity contribution in [3.05, 3.63) is 64.0 Å². The van der Waals surface area contributed by atoms with E-state index in [-0.39, 0.29) is 30.0 Å². The summed E-state index contributed by atoms with van der Waals surface area (Å²) in [7, 11) is 1.68. The Morgan fingerprint density at radius 2 is 1.87 bits per heavy atom. The van der Waals surface area contributed by atoms with Gasteiger partial charge in [-0.1, -0.05) is 37.0 Å². The Labute approximate surface area is 222 Å². The van der Waals surface area contributed by atoms with Crippen LogP contribution in [0.3, 0.4) is 0 Å². The average molecular weight is 528 g/mol. The molecule has 0 bridgehead atoms. The first-order chi connectivity index (χ1) is 18.2. The number of pyridine rings is 1. The summed E-state index contributed by atoms with van der Waals surface area (Å²) in [6.45, 7) is 4.60. The van der Waals surface area contributed by atoms with Crippen molar-refractivity contribution in [1.29, 1.82) is 0 Å². The zero-order valence-electron chi connectivity index (χ0n) is 22.2. The number of hydrogen-bond acceptors (Lipinski definition) is 4. The number of carbonyl (C=O) groups excluding carboxylic acids is 1. The van der Waals surface area contributed by atoms with E-state index in [1.54, 1.807) is 19.2 Å². The minimum absolute atomic E-state index is 0.00561. The number of fused-ring (bicyclic) bond motifs is 1. The summed E-state index contributed by atoms with van der Waals surface area (Å²) in [6, 6.07) is 9.23. The molecule has 1 saturated heterocycles. The first kappa shape index (κ1) is 26.7. The number of nitrogens with zero attached hydrogens (tertiary/aromatic N) is 2. The van der Waals surface area contributed by atoms with Crippen LogP contribution in [-0.4, -0.2) is 42.5 Å². The van der Waals surface area contributed by atoms with Crippen LogP contribution in [0.1, 0.15) is 79.4 Å². The molecule has 0 atom stereocenters. The van der Waals surface area contributed by atoms with E-state index in [1.165, 1.54) is 22.3 Å². The van der Waals surface area contributed by atoms with Gasteiger partial charge in [0.05, 0.1) is 11.6 Å². The summed E-state index contributed by atoms with van der Waals surface area (Å²) in [6.07, 6.45) is 1.97. The van der Waals surface area contributed by atoms with Gasteiger partial charge in [0.1, 0.15) is 18.1 Å². The number of allylic oxidation sites excluding steroid dienone is 1. The molecule has 1 aromatic heterocycles. The third kappa shape index (κ3) is 5.75. The number of rotatable bonds is 7. The molecule has 1 N–H and O–H groups in total. The van der Waals surface area contributed by atoms with Crippen molar-refractivity contribution in [2.24, 2.45) is 5.92 Å². The van der Waals surface area contributed by atoms with Crippen LogP contribution in [0.15, 0.2) is 35.9 Å². The van der Waals surface area contributed by atoms with Crippen molar-refractivity contribution < 1.29 is 22.7 Å². The maximum Gasteiger partial charge on any atom is 0.433 e. The standard InChI is InChI=1S/C30H36F3N3O2/c1-19-22(15-36-16-23(17-36)29(37)34-2)9-8-21-14-25(11-13-26(19)21)38-18-24-10-12-27(20-6-4-3-5-7-20)28(35-24)30(31,32)33/h10-14,20,23H,3-9,15-18H2,1-2H3,(H,34,37). The molecule has 1 saturated carbocycles. The van der Waals surface area contributed by atoms with Crippen molar-refractivity contribution in [3.63, 3.8) is 0 Å². The summed E-state index contributed by atoms with van der Waals surface area (Å²) in [5.74, 6) is 0.769. The highest BCUT2D eigenvalue weighted by atomic mass is 19.4. The lowest BCUT2D eigenvalue weighted by Crippen LogP contribution is -2.53. The largest absolute Gasteiger partial charge is 0.487 e. The highest BCUT2D eigenvalue weighted by molar-refractivity contribution is 5.79. The second kappa shape index (κ2) is 11.1. The van der Waals surface area contributed by atoms with Gasteiger partial charge in [0.25, 0.3) is 0 Å². The van der Waals surface area contributed by atoms with E-state index in [9.17, 15) is 18.0 Å². The first-order valence-corrected chi connectivity index (χ1v) is 13.7. The molecular weight excluding hydrogens is 491 g/mol. The fourth-order valence-corrected chi connectivity index (χ4v) is 6.15. The van der Waals surface area contributed by atoms with Gasteiger partial charge in [0.15, 0.2) is 0 Å². The number of ether oxygens (including phenoxy) is 1. The predicted molar refractivity (Wildman–Crippen MR) is 141 cm³/mol. The van der Waals surface area contributed by atoms with Crippen molar-refractivity contribution in [2.75, 3.05) is 26.7 Å². The van der Waals surface area contributed by atoms with Gasteiger partial charge < -0.3 is 10.1 Å². The zero-order chi connectivity index (χ0) is 26.9. The molecule has 5 nitrogen and oxygen atoms in total. The Kier molecular flexibility index (Phi) is 7.80. The Balaban J connectivity index is 1.24. The summed E-state index contributed by atoms with van der Waals surface area (Å²) in [5.41, 5.74) is 4.89. The Morgan fingerprint density at radius 1 is 1.11 bits per heavy atom. The first-order valence-electron chi connectivity index (χ1n) is 13.7. The quantitative estimate of drug-likeness (QED) is 0.471. The van der Waals surface area contributed by atoms with Gasteiger partial charge in [-0.15, -0.1) is 0 Å². The minimum Gasteiger partial charge on any atom is -0.487 e. The summed E-state index contributed by atoms with van der Waals surface area (Å²) in [5, 5.41) is 2.72. The number of alkyl halides is 3. The van der Waals surface area contributed by atoms with E-state index in [4.69, 9.17) is 4.74 Å². The van der Waals surface area contributed by atoms with Crippen LogP contribution in [0.4, 0.5) is 13.2 Å². The van der Waals surface area contributed by atoms with Crippen molar-refractivity contribution in [3.8, 4) is 5.75 Å². The van der Waals surface area contributed by atoms with Gasteiger partial charge >= 0.3 is 6.18 Å². The number of aromatic nitrogens is 1. The van der Waals surface area contributed by atoms with Gasteiger partial charge in [0, 0.05) is 26.7 Å². The van der Waals surface area contributed by atoms with Gasteiger partial charge in [-0.2, -0.15) is 13.2 Å². The van der Waals surface area contributed by atoms with E-state index in [1.807, 2.05) is 18.2 Å². The predicted octanol–water partition coefficient (Wildman–Crippen LogP) is 6.12. The van der Waals surface area contributed by atoms with Crippen LogP contribution in [-0.2, 0) is 24.0 Å². The summed E-state index contributed by atoms with van der Waals surface area (Å²) in [4.78, 5) is 18.1. The number of carbonyl (C=O) groups is 1. The number of halogens is 3. The Morgan fingerprint density at radius 3 is 2.58 bits per heavy atom. The van der Waals surface area contributed by atoms with Gasteiger partial charge in [-0.3, -0.25) is 9.69 Å². The van der Waals surface area contributed by atoms with Crippen molar-refractivity contribution in [2.45, 2.75) is 70.6 Å². The molecule has 5 rings (SSSR count). The van der Waals surface area contributed by atoms with Gasteiger partial charge in [-0.05, 0) is 79.0 Å². The van der Waals surface area contributed by atoms with Crippen molar-refractivity contribution in [1.82, 2.24) is 15.2 Å². The fourth-order valence-electron chi connectivity index (χ4n) is 6.15. The topological polar surface area (TPSA) is 54.5 Å². The highest BCUT2D eigenvalue weighted by Crippen LogP contribution is 2.40. The maximum atomic E-state index is 13.9. The van der Waals surface area contributed by atoms with E-state index in [0.29, 0.717) is 11.3 Å². The van der Waals surface area contributed by atoms with Crippen LogP contribution >= 0.6 is 0 Å². The average Bonchev–Trinajstić information content (AvgIpc) is 2.90. The fraction of sp³-hybridized carbons (Fsp3) is 0.533. The number of nitrogens with one attached hydrogen (secondary N) is 1. The summed E-state index contributed by atoms with van der Waals surface area (Å²) < 4.78 is 47.5. The number of amides is 1. The lowest BCUT2D eigenvalue weighted by atomic mass is 9.83. The monoisotopic (exact) mass is 527 g/mol. The van der Waals surface area contributed by atoms with E-state index < -0.39 is 11.9 Å². The molecule has 8 heteroatoms. The molecule has 2 aromatic rings. The molecule has 2 heterocycles. The van der Waals surface area contributed by atoms with Crippen LogP contribution in [0.25, 0.3) is 5.57 Å². The van der Waals surface area contributed by atoms with E-state index in [2.05, 4.69) is 22.1 Å². The highest BCUT2D eigenvalue weighted by Gasteiger charge is 2.38. The molecule has 1 aromatic carbocycles.